The van der Waals surface area contributed by atoms with Gasteiger partial charge in [0.1, 0.15) is 5.88 Å². The third kappa shape index (κ3) is 4.25. The number of hydrogen-bond acceptors (Lipinski definition) is 4. The van der Waals surface area contributed by atoms with E-state index in [9.17, 15) is 12.6 Å². The number of rotatable bonds is 5. The summed E-state index contributed by atoms with van der Waals surface area (Å²) in [5.74, 6) is 0.0556. The number of nitrogens with one attached hydrogen (secondary N) is 1. The lowest BCUT2D eigenvalue weighted by molar-refractivity contribution is 0.211. The van der Waals surface area contributed by atoms with Gasteiger partial charge >= 0.3 is 10.2 Å². The molecule has 1 atom stereocenters. The third-order valence-electron chi connectivity index (χ3n) is 2.98. The second-order valence-electron chi connectivity index (χ2n) is 4.44. The lowest BCUT2D eigenvalue weighted by Gasteiger charge is -2.33. The van der Waals surface area contributed by atoms with Crippen molar-refractivity contribution in [1.82, 2.24) is 9.21 Å². The Kier molecular flexibility index (Phi) is 5.11. The van der Waals surface area contributed by atoms with Gasteiger partial charge in [-0.3, -0.25) is 9.62 Å². The third-order valence-corrected chi connectivity index (χ3v) is 5.11. The number of hydrogen-bond donors (Lipinski definition) is 2. The van der Waals surface area contributed by atoms with Crippen LogP contribution >= 0.6 is 0 Å². The van der Waals surface area contributed by atoms with E-state index in [1.165, 1.54) is 4.31 Å². The Bertz CT molecular complexity index is 556. The van der Waals surface area contributed by atoms with Gasteiger partial charge in [0.25, 0.3) is 0 Å². The van der Waals surface area contributed by atoms with Crippen molar-refractivity contribution in [2.45, 2.75) is 0 Å². The molecule has 0 aliphatic carbocycles. The van der Waals surface area contributed by atoms with Crippen LogP contribution in [0.3, 0.4) is 0 Å². The van der Waals surface area contributed by atoms with E-state index < -0.39 is 21.3 Å². The number of piperazine rings is 1. The minimum Gasteiger partial charge on any atom is -0.305 e. The van der Waals surface area contributed by atoms with Crippen LogP contribution in [0.15, 0.2) is 30.3 Å². The highest BCUT2D eigenvalue weighted by Crippen LogP contribution is 2.13. The molecule has 20 heavy (non-hydrogen) atoms. The van der Waals surface area contributed by atoms with Crippen LogP contribution in [0.25, 0.3) is 0 Å². The molecule has 0 saturated carbocycles. The van der Waals surface area contributed by atoms with Crippen molar-refractivity contribution in [3.63, 3.8) is 0 Å². The average molecular weight is 319 g/mol. The summed E-state index contributed by atoms with van der Waals surface area (Å²) < 4.78 is 47.7. The van der Waals surface area contributed by atoms with Gasteiger partial charge in [-0.2, -0.15) is 12.7 Å². The Hall–Kier alpha value is -1.00. The average Bonchev–Trinajstić information content (AvgIpc) is 2.39. The number of anilines is 1. The van der Waals surface area contributed by atoms with Gasteiger partial charge in [0.15, 0.2) is 11.1 Å². The fourth-order valence-corrected chi connectivity index (χ4v) is 3.75. The molecule has 0 spiro atoms. The Morgan fingerprint density at radius 2 is 1.75 bits per heavy atom. The molecular formula is C11H17N3O4S2. The summed E-state index contributed by atoms with van der Waals surface area (Å²) in [4.78, 5) is 1.77. The highest BCUT2D eigenvalue weighted by atomic mass is 32.2. The highest BCUT2D eigenvalue weighted by Gasteiger charge is 2.27. The van der Waals surface area contributed by atoms with Crippen LogP contribution in [-0.4, -0.2) is 58.4 Å². The molecule has 0 aromatic heterocycles. The summed E-state index contributed by atoms with van der Waals surface area (Å²) in [7, 11) is -3.57. The molecule has 2 N–H and O–H groups in total. The molecule has 1 heterocycles. The summed E-state index contributed by atoms with van der Waals surface area (Å²) in [6.45, 7) is 1.50. The monoisotopic (exact) mass is 319 g/mol. The van der Waals surface area contributed by atoms with Crippen molar-refractivity contribution >= 4 is 27.0 Å². The zero-order valence-corrected chi connectivity index (χ0v) is 12.4. The maximum absolute atomic E-state index is 12.2. The smallest absolute Gasteiger partial charge is 0.301 e. The summed E-state index contributed by atoms with van der Waals surface area (Å²) in [6.07, 6.45) is 0. The molecule has 1 fully saturated rings. The Morgan fingerprint density at radius 3 is 2.30 bits per heavy atom. The molecule has 112 valence electrons. The van der Waals surface area contributed by atoms with E-state index in [1.54, 1.807) is 29.2 Å². The van der Waals surface area contributed by atoms with Crippen molar-refractivity contribution in [2.24, 2.45) is 0 Å². The van der Waals surface area contributed by atoms with E-state index >= 15 is 0 Å². The largest absolute Gasteiger partial charge is 0.305 e. The molecule has 9 heteroatoms. The predicted octanol–water partition coefficient (Wildman–Crippen LogP) is 0.140. The van der Waals surface area contributed by atoms with Gasteiger partial charge < -0.3 is 4.55 Å². The standard InChI is InChI=1S/C11H17N3O4S2/c15-19(16)10-13-6-8-14(9-7-13)20(17,18)12-11-4-2-1-3-5-11/h1-5,12H,6-10H2,(H,15,16). The first-order chi connectivity index (χ1) is 9.47. The SMILES string of the molecule is O=S(O)CN1CCN(S(=O)(=O)Nc2ccccc2)CC1. The van der Waals surface area contributed by atoms with Crippen LogP contribution in [0.1, 0.15) is 0 Å². The van der Waals surface area contributed by atoms with Crippen LogP contribution in [0.2, 0.25) is 0 Å². The molecule has 0 bridgehead atoms. The van der Waals surface area contributed by atoms with Gasteiger partial charge in [-0.1, -0.05) is 18.2 Å². The Morgan fingerprint density at radius 1 is 1.15 bits per heavy atom. The lowest BCUT2D eigenvalue weighted by Crippen LogP contribution is -2.50. The first kappa shape index (κ1) is 15.4. The fraction of sp³-hybridized carbons (Fsp3) is 0.455. The van der Waals surface area contributed by atoms with Gasteiger partial charge in [0.2, 0.25) is 0 Å². The van der Waals surface area contributed by atoms with Crippen molar-refractivity contribution in [3.8, 4) is 0 Å². The molecule has 1 saturated heterocycles. The maximum Gasteiger partial charge on any atom is 0.301 e. The molecule has 7 nitrogen and oxygen atoms in total. The minimum absolute atomic E-state index is 0.0556. The molecule has 1 aromatic carbocycles. The predicted molar refractivity (Wildman–Crippen MR) is 77.8 cm³/mol. The summed E-state index contributed by atoms with van der Waals surface area (Å²) in [6, 6.07) is 8.69. The second kappa shape index (κ2) is 6.64. The van der Waals surface area contributed by atoms with E-state index in [2.05, 4.69) is 4.72 Å². The van der Waals surface area contributed by atoms with Crippen LogP contribution in [0.5, 0.6) is 0 Å². The Balaban J connectivity index is 1.94. The van der Waals surface area contributed by atoms with Gasteiger partial charge in [-0.05, 0) is 12.1 Å². The number of para-hydroxylation sites is 1. The van der Waals surface area contributed by atoms with Gasteiger partial charge in [-0.25, -0.2) is 4.21 Å². The van der Waals surface area contributed by atoms with Gasteiger partial charge in [-0.15, -0.1) is 0 Å². The van der Waals surface area contributed by atoms with E-state index in [4.69, 9.17) is 4.55 Å². The minimum atomic E-state index is -3.57. The van der Waals surface area contributed by atoms with Crippen LogP contribution in [0.4, 0.5) is 5.69 Å². The number of nitrogens with zero attached hydrogens (tertiary/aromatic N) is 2. The van der Waals surface area contributed by atoms with E-state index in [-0.39, 0.29) is 5.88 Å². The fourth-order valence-electron chi connectivity index (χ4n) is 1.97. The molecule has 1 unspecified atom stereocenters. The Labute approximate surface area is 121 Å². The zero-order valence-electron chi connectivity index (χ0n) is 10.8. The second-order valence-corrected chi connectivity index (χ2v) is 7.01. The maximum atomic E-state index is 12.2. The normalized spacial score (nSPS) is 19.6. The zero-order chi connectivity index (χ0) is 14.6. The molecule has 2 rings (SSSR count). The first-order valence-electron chi connectivity index (χ1n) is 6.10. The molecular weight excluding hydrogens is 302 g/mol. The molecule has 1 aliphatic rings. The van der Waals surface area contributed by atoms with E-state index in [0.29, 0.717) is 31.9 Å². The summed E-state index contributed by atoms with van der Waals surface area (Å²) >= 11 is -1.88. The molecule has 1 aromatic rings. The first-order valence-corrected chi connectivity index (χ1v) is 8.82. The van der Waals surface area contributed by atoms with Crippen LogP contribution < -0.4 is 4.72 Å². The van der Waals surface area contributed by atoms with Crippen molar-refractivity contribution in [3.05, 3.63) is 30.3 Å². The molecule has 0 radical (unpaired) electrons. The quantitative estimate of drug-likeness (QED) is 0.754. The topological polar surface area (TPSA) is 90.0 Å². The van der Waals surface area contributed by atoms with Gasteiger partial charge in [0.05, 0.1) is 0 Å². The van der Waals surface area contributed by atoms with Crippen LogP contribution in [-0.2, 0) is 21.3 Å². The van der Waals surface area contributed by atoms with Crippen molar-refractivity contribution < 1.29 is 17.2 Å². The van der Waals surface area contributed by atoms with Gasteiger partial charge in [0, 0.05) is 31.9 Å². The van der Waals surface area contributed by atoms with E-state index in [0.717, 1.165) is 0 Å². The highest BCUT2D eigenvalue weighted by molar-refractivity contribution is 7.90. The molecule has 0 amide bonds. The molecule has 1 aliphatic heterocycles. The van der Waals surface area contributed by atoms with Crippen molar-refractivity contribution in [2.75, 3.05) is 36.8 Å². The summed E-state index contributed by atoms with van der Waals surface area (Å²) in [5.41, 5.74) is 0.520. The van der Waals surface area contributed by atoms with Crippen molar-refractivity contribution in [1.29, 1.82) is 0 Å². The summed E-state index contributed by atoms with van der Waals surface area (Å²) in [5, 5.41) is 0. The lowest BCUT2D eigenvalue weighted by atomic mass is 10.3. The number of benzene rings is 1. The van der Waals surface area contributed by atoms with E-state index in [1.807, 2.05) is 6.07 Å². The van der Waals surface area contributed by atoms with Crippen LogP contribution in [0, 0.1) is 0 Å².